The summed E-state index contributed by atoms with van der Waals surface area (Å²) < 4.78 is 2.27. The number of carbonyl (C=O) groups is 1. The molecule has 4 nitrogen and oxygen atoms in total. The molecule has 0 saturated carbocycles. The van der Waals surface area contributed by atoms with Crippen LogP contribution in [-0.2, 0) is 24.2 Å². The van der Waals surface area contributed by atoms with Crippen molar-refractivity contribution in [1.29, 1.82) is 0 Å². The van der Waals surface area contributed by atoms with E-state index >= 15 is 0 Å². The first kappa shape index (κ1) is 14.1. The predicted octanol–water partition coefficient (Wildman–Crippen LogP) is 3.04. The molecule has 0 fully saturated rings. The Morgan fingerprint density at radius 1 is 1.37 bits per heavy atom. The van der Waals surface area contributed by atoms with E-state index in [0.29, 0.717) is 0 Å². The van der Waals surface area contributed by atoms with Crippen LogP contribution in [0.5, 0.6) is 0 Å². The number of aryl methyl sites for hydroxylation is 2. The van der Waals surface area contributed by atoms with Crippen LogP contribution in [-0.4, -0.2) is 20.6 Å². The number of nitrogens with zero attached hydrogens (tertiary/aromatic N) is 2. The van der Waals surface area contributed by atoms with Crippen LogP contribution in [0.25, 0.3) is 0 Å². The normalized spacial score (nSPS) is 15.3. The number of unbranched alkanes of at least 4 members (excludes halogenated alkanes) is 1. The van der Waals surface area contributed by atoms with Crippen molar-refractivity contribution in [2.45, 2.75) is 65.3 Å². The molecule has 1 aliphatic carbocycles. The summed E-state index contributed by atoms with van der Waals surface area (Å²) in [7, 11) is 0. The Bertz CT molecular complexity index is 449. The largest absolute Gasteiger partial charge is 0.481 e. The molecule has 0 unspecified atom stereocenters. The quantitative estimate of drug-likeness (QED) is 0.803. The molecule has 1 aliphatic rings. The molecule has 0 atom stereocenters. The zero-order valence-corrected chi connectivity index (χ0v) is 12.0. The second-order valence-electron chi connectivity index (χ2n) is 6.18. The van der Waals surface area contributed by atoms with E-state index in [9.17, 15) is 4.79 Å². The lowest BCUT2D eigenvalue weighted by atomic mass is 9.87. The molecule has 0 radical (unpaired) electrons. The summed E-state index contributed by atoms with van der Waals surface area (Å²) in [6, 6.07) is 0. The van der Waals surface area contributed by atoms with Crippen LogP contribution in [0.1, 0.15) is 57.3 Å². The highest BCUT2D eigenvalue weighted by molar-refractivity contribution is 5.73. The molecule has 1 heterocycles. The molecule has 106 valence electrons. The van der Waals surface area contributed by atoms with Crippen LogP contribution in [0.15, 0.2) is 6.33 Å². The van der Waals surface area contributed by atoms with Crippen molar-refractivity contribution in [2.75, 3.05) is 0 Å². The summed E-state index contributed by atoms with van der Waals surface area (Å²) >= 11 is 0. The molecular formula is C15H24N2O2. The molecule has 0 bridgehead atoms. The number of aliphatic carboxylic acids is 1. The zero-order valence-electron chi connectivity index (χ0n) is 12.0. The van der Waals surface area contributed by atoms with E-state index in [1.54, 1.807) is 13.8 Å². The molecular weight excluding hydrogens is 240 g/mol. The molecule has 4 heteroatoms. The van der Waals surface area contributed by atoms with Gasteiger partial charge in [0.05, 0.1) is 17.4 Å². The molecule has 2 rings (SSSR count). The van der Waals surface area contributed by atoms with Gasteiger partial charge in [-0.05, 0) is 52.4 Å². The molecule has 19 heavy (non-hydrogen) atoms. The topological polar surface area (TPSA) is 55.1 Å². The molecule has 0 saturated heterocycles. The van der Waals surface area contributed by atoms with Gasteiger partial charge in [-0.25, -0.2) is 4.98 Å². The predicted molar refractivity (Wildman–Crippen MR) is 74.1 cm³/mol. The van der Waals surface area contributed by atoms with Gasteiger partial charge >= 0.3 is 5.97 Å². The summed E-state index contributed by atoms with van der Waals surface area (Å²) in [5.74, 6) is -0.701. The van der Waals surface area contributed by atoms with Gasteiger partial charge in [0.25, 0.3) is 0 Å². The number of imidazole rings is 1. The maximum Gasteiger partial charge on any atom is 0.309 e. The van der Waals surface area contributed by atoms with E-state index < -0.39 is 11.4 Å². The molecule has 0 spiro atoms. The van der Waals surface area contributed by atoms with Crippen molar-refractivity contribution in [2.24, 2.45) is 5.41 Å². The van der Waals surface area contributed by atoms with Crippen molar-refractivity contribution in [1.82, 2.24) is 9.55 Å². The van der Waals surface area contributed by atoms with E-state index in [2.05, 4.69) is 9.55 Å². The lowest BCUT2D eigenvalue weighted by Gasteiger charge is -2.19. The van der Waals surface area contributed by atoms with E-state index in [1.165, 1.54) is 24.2 Å². The van der Waals surface area contributed by atoms with Gasteiger partial charge in [0, 0.05) is 12.2 Å². The molecule has 1 N–H and O–H groups in total. The number of hydrogen-bond acceptors (Lipinski definition) is 2. The SMILES string of the molecule is CC(C)(CCCCn1cnc2c1CCCC2)C(=O)O. The number of aromatic nitrogens is 2. The fourth-order valence-electron chi connectivity index (χ4n) is 2.68. The van der Waals surface area contributed by atoms with Crippen LogP contribution in [0, 0.1) is 5.41 Å². The van der Waals surface area contributed by atoms with E-state index in [0.717, 1.165) is 38.6 Å². The second kappa shape index (κ2) is 5.76. The first-order valence-corrected chi connectivity index (χ1v) is 7.27. The maximum atomic E-state index is 11.0. The average Bonchev–Trinajstić information content (AvgIpc) is 2.78. The standard InChI is InChI=1S/C15H24N2O2/c1-15(2,14(18)19)9-5-6-10-17-11-16-12-7-3-4-8-13(12)17/h11H,3-10H2,1-2H3,(H,18,19). The van der Waals surface area contributed by atoms with E-state index in [1.807, 2.05) is 6.33 Å². The monoisotopic (exact) mass is 264 g/mol. The lowest BCUT2D eigenvalue weighted by molar-refractivity contribution is -0.147. The highest BCUT2D eigenvalue weighted by Gasteiger charge is 2.26. The Hall–Kier alpha value is -1.32. The van der Waals surface area contributed by atoms with Gasteiger partial charge in [-0.1, -0.05) is 6.42 Å². The highest BCUT2D eigenvalue weighted by Crippen LogP contribution is 2.24. The van der Waals surface area contributed by atoms with Crippen LogP contribution in [0.4, 0.5) is 0 Å². The molecule has 0 aromatic carbocycles. The van der Waals surface area contributed by atoms with Gasteiger partial charge in [-0.15, -0.1) is 0 Å². The van der Waals surface area contributed by atoms with E-state index in [-0.39, 0.29) is 0 Å². The molecule has 0 amide bonds. The van der Waals surface area contributed by atoms with Crippen LogP contribution < -0.4 is 0 Å². The number of hydrogen-bond donors (Lipinski definition) is 1. The van der Waals surface area contributed by atoms with Gasteiger partial charge in [0.15, 0.2) is 0 Å². The zero-order chi connectivity index (χ0) is 13.9. The third-order valence-electron chi connectivity index (χ3n) is 4.14. The number of carboxylic acids is 1. The van der Waals surface area contributed by atoms with Crippen molar-refractivity contribution >= 4 is 5.97 Å². The molecule has 1 aromatic heterocycles. The van der Waals surface area contributed by atoms with Gasteiger partial charge in [0.2, 0.25) is 0 Å². The van der Waals surface area contributed by atoms with Crippen molar-refractivity contribution < 1.29 is 9.90 Å². The Morgan fingerprint density at radius 2 is 2.11 bits per heavy atom. The van der Waals surface area contributed by atoms with Crippen LogP contribution in [0.3, 0.4) is 0 Å². The van der Waals surface area contributed by atoms with Gasteiger partial charge in [-0.3, -0.25) is 4.79 Å². The first-order chi connectivity index (χ1) is 9.00. The Labute approximate surface area is 114 Å². The minimum absolute atomic E-state index is 0.603. The minimum atomic E-state index is -0.701. The average molecular weight is 264 g/mol. The summed E-state index contributed by atoms with van der Waals surface area (Å²) in [6.45, 7) is 4.57. The van der Waals surface area contributed by atoms with E-state index in [4.69, 9.17) is 5.11 Å². The van der Waals surface area contributed by atoms with Crippen molar-refractivity contribution in [3.05, 3.63) is 17.7 Å². The summed E-state index contributed by atoms with van der Waals surface area (Å²) in [6.07, 6.45) is 9.47. The van der Waals surface area contributed by atoms with Crippen LogP contribution >= 0.6 is 0 Å². The molecule has 0 aliphatic heterocycles. The smallest absolute Gasteiger partial charge is 0.309 e. The molecule has 1 aromatic rings. The van der Waals surface area contributed by atoms with Crippen molar-refractivity contribution in [3.8, 4) is 0 Å². The lowest BCUT2D eigenvalue weighted by Crippen LogP contribution is -2.23. The highest BCUT2D eigenvalue weighted by atomic mass is 16.4. The van der Waals surface area contributed by atoms with Gasteiger partial charge < -0.3 is 9.67 Å². The fraction of sp³-hybridized carbons (Fsp3) is 0.733. The first-order valence-electron chi connectivity index (χ1n) is 7.27. The number of fused-ring (bicyclic) bond motifs is 1. The Morgan fingerprint density at radius 3 is 2.84 bits per heavy atom. The minimum Gasteiger partial charge on any atom is -0.481 e. The number of carboxylic acid groups (broad SMARTS) is 1. The van der Waals surface area contributed by atoms with Crippen molar-refractivity contribution in [3.63, 3.8) is 0 Å². The fourth-order valence-corrected chi connectivity index (χ4v) is 2.68. The third kappa shape index (κ3) is 3.37. The third-order valence-corrected chi connectivity index (χ3v) is 4.14. The summed E-state index contributed by atoms with van der Waals surface area (Å²) in [4.78, 5) is 15.5. The van der Waals surface area contributed by atoms with Gasteiger partial charge in [0.1, 0.15) is 0 Å². The summed E-state index contributed by atoms with van der Waals surface area (Å²) in [5.41, 5.74) is 2.08. The van der Waals surface area contributed by atoms with Crippen LogP contribution in [0.2, 0.25) is 0 Å². The number of rotatable bonds is 6. The second-order valence-corrected chi connectivity index (χ2v) is 6.18. The summed E-state index contributed by atoms with van der Waals surface area (Å²) in [5, 5.41) is 9.07. The van der Waals surface area contributed by atoms with Gasteiger partial charge in [-0.2, -0.15) is 0 Å². The Kier molecular flexibility index (Phi) is 4.27. The Balaban J connectivity index is 1.80. The maximum absolute atomic E-state index is 11.0.